The highest BCUT2D eigenvalue weighted by atomic mass is 35.5. The van der Waals surface area contributed by atoms with Gasteiger partial charge in [0.1, 0.15) is 22.7 Å². The Kier molecular flexibility index (Phi) is 6.90. The molecular weight excluding hydrogens is 480 g/mol. The van der Waals surface area contributed by atoms with E-state index in [1.165, 1.54) is 12.8 Å². The summed E-state index contributed by atoms with van der Waals surface area (Å²) in [5.41, 5.74) is 2.14. The van der Waals surface area contributed by atoms with Gasteiger partial charge in [0.05, 0.1) is 17.9 Å². The van der Waals surface area contributed by atoms with E-state index < -0.39 is 5.56 Å². The van der Waals surface area contributed by atoms with Crippen molar-refractivity contribution in [2.75, 3.05) is 19.7 Å². The van der Waals surface area contributed by atoms with Crippen molar-refractivity contribution in [3.05, 3.63) is 51.8 Å². The predicted molar refractivity (Wildman–Crippen MR) is 140 cm³/mol. The van der Waals surface area contributed by atoms with Crippen molar-refractivity contribution in [2.24, 2.45) is 5.92 Å². The molecule has 3 aliphatic rings. The Hall–Kier alpha value is -3.10. The van der Waals surface area contributed by atoms with Crippen molar-refractivity contribution >= 4 is 29.3 Å². The summed E-state index contributed by atoms with van der Waals surface area (Å²) in [4.78, 5) is 33.2. The van der Waals surface area contributed by atoms with Gasteiger partial charge in [-0.15, -0.1) is 12.4 Å². The largest absolute Gasteiger partial charge is 0.507 e. The molecule has 1 aromatic carbocycles. The molecule has 3 heterocycles. The number of amides is 1. The van der Waals surface area contributed by atoms with E-state index >= 15 is 0 Å². The van der Waals surface area contributed by atoms with E-state index in [1.54, 1.807) is 18.2 Å². The van der Waals surface area contributed by atoms with Crippen LogP contribution >= 0.6 is 12.4 Å². The number of nitrogens with one attached hydrogen (secondary N) is 3. The molecule has 2 saturated carbocycles. The standard InChI is InChI=1S/C27H30N4O4.ClH/c32-22-4-1-5-23(35-14-15-6-7-15)24(22)21-12-18(16-3-2-10-28-13-16)19-11-20(26(33)29-17-8-9-17)27(34)31-25(19)30-21;/h1,4-5,11-12,15-17,28,32H,2-3,6-10,13-14H2,(H,29,33)(H,30,31,34);1H. The normalized spacial score (nSPS) is 19.5. The number of ether oxygens (including phenoxy) is 1. The molecule has 3 fully saturated rings. The molecule has 190 valence electrons. The number of hydrogen-bond acceptors (Lipinski definition) is 6. The lowest BCUT2D eigenvalue weighted by Gasteiger charge is -2.25. The molecule has 1 atom stereocenters. The average Bonchev–Trinajstić information content (AvgIpc) is 3.78. The number of benzene rings is 1. The zero-order chi connectivity index (χ0) is 23.9. The second kappa shape index (κ2) is 10.1. The molecule has 4 N–H and O–H groups in total. The zero-order valence-electron chi connectivity index (χ0n) is 20.0. The molecule has 1 amide bonds. The molecule has 3 aromatic rings. The van der Waals surface area contributed by atoms with Gasteiger partial charge in [0.2, 0.25) is 0 Å². The highest BCUT2D eigenvalue weighted by molar-refractivity contribution is 5.98. The summed E-state index contributed by atoms with van der Waals surface area (Å²) >= 11 is 0. The Morgan fingerprint density at radius 3 is 2.72 bits per heavy atom. The first kappa shape index (κ1) is 24.6. The smallest absolute Gasteiger partial charge is 0.262 e. The van der Waals surface area contributed by atoms with E-state index in [2.05, 4.69) is 15.6 Å². The Morgan fingerprint density at radius 2 is 2.00 bits per heavy atom. The summed E-state index contributed by atoms with van der Waals surface area (Å²) < 4.78 is 6.07. The number of phenolic OH excluding ortho intramolecular Hbond substituents is 1. The molecule has 36 heavy (non-hydrogen) atoms. The van der Waals surface area contributed by atoms with Gasteiger partial charge in [-0.1, -0.05) is 6.07 Å². The van der Waals surface area contributed by atoms with Gasteiger partial charge < -0.3 is 25.5 Å². The number of carbonyl (C=O) groups excluding carboxylic acids is 1. The highest BCUT2D eigenvalue weighted by Crippen LogP contribution is 2.41. The van der Waals surface area contributed by atoms with Crippen LogP contribution in [0.3, 0.4) is 0 Å². The molecule has 0 radical (unpaired) electrons. The maximum absolute atomic E-state index is 12.9. The quantitative estimate of drug-likeness (QED) is 0.383. The van der Waals surface area contributed by atoms with Crippen LogP contribution in [-0.2, 0) is 0 Å². The zero-order valence-corrected chi connectivity index (χ0v) is 20.8. The number of pyridine rings is 2. The lowest BCUT2D eigenvalue weighted by molar-refractivity contribution is 0.0949. The number of aromatic hydroxyl groups is 1. The third kappa shape index (κ3) is 5.06. The van der Waals surface area contributed by atoms with Crippen LogP contribution in [0, 0.1) is 5.92 Å². The molecular formula is C27H31ClN4O4. The van der Waals surface area contributed by atoms with E-state index in [1.807, 2.05) is 12.1 Å². The maximum Gasteiger partial charge on any atom is 0.262 e. The molecule has 9 heteroatoms. The Balaban J connectivity index is 0.00000267. The first-order chi connectivity index (χ1) is 17.1. The van der Waals surface area contributed by atoms with Crippen molar-refractivity contribution in [1.82, 2.24) is 20.6 Å². The summed E-state index contributed by atoms with van der Waals surface area (Å²) in [6, 6.07) is 9.07. The number of aromatic amines is 1. The second-order valence-corrected chi connectivity index (χ2v) is 10.1. The maximum atomic E-state index is 12.9. The van der Waals surface area contributed by atoms with Crippen molar-refractivity contribution in [2.45, 2.75) is 50.5 Å². The number of aromatic nitrogens is 2. The number of phenols is 1. The molecule has 8 nitrogen and oxygen atoms in total. The van der Waals surface area contributed by atoms with Crippen LogP contribution in [0.2, 0.25) is 0 Å². The van der Waals surface area contributed by atoms with Crippen molar-refractivity contribution in [1.29, 1.82) is 0 Å². The molecule has 2 aromatic heterocycles. The number of halogens is 1. The van der Waals surface area contributed by atoms with E-state index in [-0.39, 0.29) is 41.6 Å². The Morgan fingerprint density at radius 1 is 1.17 bits per heavy atom. The van der Waals surface area contributed by atoms with E-state index in [4.69, 9.17) is 9.72 Å². The van der Waals surface area contributed by atoms with Crippen LogP contribution in [0.4, 0.5) is 0 Å². The van der Waals surface area contributed by atoms with Gasteiger partial charge in [-0.2, -0.15) is 0 Å². The fourth-order valence-electron chi connectivity index (χ4n) is 4.84. The molecule has 6 rings (SSSR count). The number of carbonyl (C=O) groups is 1. The lowest BCUT2D eigenvalue weighted by Crippen LogP contribution is -2.31. The topological polar surface area (TPSA) is 116 Å². The Bertz CT molecular complexity index is 1340. The SMILES string of the molecule is Cl.O=C(NC1CC1)c1cc2c(C3CCCNC3)cc(-c3c(O)cccc3OCC3CC3)nc2[nH]c1=O. The third-order valence-corrected chi connectivity index (χ3v) is 7.18. The first-order valence-corrected chi connectivity index (χ1v) is 12.6. The van der Waals surface area contributed by atoms with Gasteiger partial charge in [0.15, 0.2) is 0 Å². The predicted octanol–water partition coefficient (Wildman–Crippen LogP) is 3.87. The number of hydrogen-bond donors (Lipinski definition) is 4. The molecule has 1 aliphatic heterocycles. The first-order valence-electron chi connectivity index (χ1n) is 12.6. The summed E-state index contributed by atoms with van der Waals surface area (Å²) in [5, 5.41) is 17.9. The number of fused-ring (bicyclic) bond motifs is 1. The van der Waals surface area contributed by atoms with Crippen molar-refractivity contribution < 1.29 is 14.6 Å². The second-order valence-electron chi connectivity index (χ2n) is 10.1. The third-order valence-electron chi connectivity index (χ3n) is 7.18. The van der Waals surface area contributed by atoms with Gasteiger partial charge in [-0.05, 0) is 86.7 Å². The van der Waals surface area contributed by atoms with Crippen LogP contribution < -0.4 is 20.9 Å². The average molecular weight is 511 g/mol. The highest BCUT2D eigenvalue weighted by Gasteiger charge is 2.27. The van der Waals surface area contributed by atoms with Crippen LogP contribution in [0.1, 0.15) is 60.4 Å². The van der Waals surface area contributed by atoms with Gasteiger partial charge in [-0.3, -0.25) is 9.59 Å². The minimum absolute atomic E-state index is 0. The monoisotopic (exact) mass is 510 g/mol. The van der Waals surface area contributed by atoms with Gasteiger partial charge >= 0.3 is 0 Å². The minimum atomic E-state index is -0.462. The number of rotatable bonds is 7. The summed E-state index contributed by atoms with van der Waals surface area (Å²) in [5.74, 6) is 1.08. The fraction of sp³-hybridized carbons (Fsp3) is 0.444. The van der Waals surface area contributed by atoms with Crippen LogP contribution in [-0.4, -0.2) is 46.7 Å². The summed E-state index contributed by atoms with van der Waals surface area (Å²) in [7, 11) is 0. The molecule has 1 unspecified atom stereocenters. The number of nitrogens with zero attached hydrogens (tertiary/aromatic N) is 1. The lowest BCUT2D eigenvalue weighted by atomic mass is 9.88. The van der Waals surface area contributed by atoms with Crippen LogP contribution in [0.5, 0.6) is 11.5 Å². The van der Waals surface area contributed by atoms with Crippen molar-refractivity contribution in [3.8, 4) is 22.8 Å². The van der Waals surface area contributed by atoms with Gasteiger partial charge in [0, 0.05) is 18.0 Å². The summed E-state index contributed by atoms with van der Waals surface area (Å²) in [6.07, 6.45) is 6.26. The van der Waals surface area contributed by atoms with Crippen LogP contribution in [0.15, 0.2) is 35.1 Å². The van der Waals surface area contributed by atoms with Crippen molar-refractivity contribution in [3.63, 3.8) is 0 Å². The number of piperidine rings is 1. The van der Waals surface area contributed by atoms with Crippen LogP contribution in [0.25, 0.3) is 22.3 Å². The molecule has 0 bridgehead atoms. The molecule has 0 spiro atoms. The molecule has 1 saturated heterocycles. The van der Waals surface area contributed by atoms with E-state index in [9.17, 15) is 14.7 Å². The van der Waals surface area contributed by atoms with Gasteiger partial charge in [-0.25, -0.2) is 4.98 Å². The van der Waals surface area contributed by atoms with E-state index in [0.717, 1.165) is 49.7 Å². The Labute approximate surface area is 215 Å². The van der Waals surface area contributed by atoms with E-state index in [0.29, 0.717) is 35.2 Å². The fourth-order valence-corrected chi connectivity index (χ4v) is 4.84. The minimum Gasteiger partial charge on any atom is -0.507 e. The molecule has 2 aliphatic carbocycles. The summed E-state index contributed by atoms with van der Waals surface area (Å²) in [6.45, 7) is 2.38. The van der Waals surface area contributed by atoms with Gasteiger partial charge in [0.25, 0.3) is 11.5 Å². The number of H-pyrrole nitrogens is 1.